The Balaban J connectivity index is 2.39. The van der Waals surface area contributed by atoms with Crippen molar-refractivity contribution in [2.24, 2.45) is 5.73 Å². The van der Waals surface area contributed by atoms with Gasteiger partial charge in [0, 0.05) is 12.0 Å². The van der Waals surface area contributed by atoms with Crippen molar-refractivity contribution in [2.45, 2.75) is 32.7 Å². The van der Waals surface area contributed by atoms with E-state index < -0.39 is 0 Å². The number of nitrogens with zero attached hydrogens (tertiary/aromatic N) is 1. The third-order valence-corrected chi connectivity index (χ3v) is 2.19. The standard InChI is InChI=1S/C12H16N2O/c1-8-4-5-10-9(6-8)14-11(15-10)7-12(2,3)13/h4-6H,7,13H2,1-3H3. The summed E-state index contributed by atoms with van der Waals surface area (Å²) in [5.74, 6) is 0.711. The van der Waals surface area contributed by atoms with Crippen LogP contribution in [0.3, 0.4) is 0 Å². The van der Waals surface area contributed by atoms with Crippen LogP contribution in [0.15, 0.2) is 22.6 Å². The Morgan fingerprint density at radius 3 is 2.80 bits per heavy atom. The quantitative estimate of drug-likeness (QED) is 0.817. The predicted octanol–water partition coefficient (Wildman–Crippen LogP) is 2.42. The molecule has 1 aromatic heterocycles. The summed E-state index contributed by atoms with van der Waals surface area (Å²) in [5, 5.41) is 0. The molecule has 1 aromatic carbocycles. The summed E-state index contributed by atoms with van der Waals surface area (Å²) in [4.78, 5) is 4.41. The van der Waals surface area contributed by atoms with Gasteiger partial charge in [0.1, 0.15) is 5.52 Å². The van der Waals surface area contributed by atoms with Crippen LogP contribution in [-0.4, -0.2) is 10.5 Å². The molecule has 0 amide bonds. The second-order valence-corrected chi connectivity index (χ2v) is 4.74. The minimum atomic E-state index is -0.282. The summed E-state index contributed by atoms with van der Waals surface area (Å²) >= 11 is 0. The van der Waals surface area contributed by atoms with Gasteiger partial charge in [0.15, 0.2) is 11.5 Å². The number of rotatable bonds is 2. The Morgan fingerprint density at radius 1 is 1.40 bits per heavy atom. The fourth-order valence-corrected chi connectivity index (χ4v) is 1.55. The van der Waals surface area contributed by atoms with E-state index in [-0.39, 0.29) is 5.54 Å². The average Bonchev–Trinajstić information content (AvgIpc) is 2.42. The summed E-state index contributed by atoms with van der Waals surface area (Å²) in [7, 11) is 0. The number of nitrogens with two attached hydrogens (primary N) is 1. The number of benzene rings is 1. The lowest BCUT2D eigenvalue weighted by molar-refractivity contribution is 0.433. The Hall–Kier alpha value is -1.35. The average molecular weight is 204 g/mol. The van der Waals surface area contributed by atoms with Crippen LogP contribution in [0.4, 0.5) is 0 Å². The molecule has 0 spiro atoms. The van der Waals surface area contributed by atoms with Crippen molar-refractivity contribution in [3.8, 4) is 0 Å². The van der Waals surface area contributed by atoms with Crippen molar-refractivity contribution >= 4 is 11.1 Å². The van der Waals surface area contributed by atoms with Crippen LogP contribution >= 0.6 is 0 Å². The van der Waals surface area contributed by atoms with E-state index in [1.54, 1.807) is 0 Å². The maximum atomic E-state index is 5.92. The molecule has 15 heavy (non-hydrogen) atoms. The topological polar surface area (TPSA) is 52.0 Å². The van der Waals surface area contributed by atoms with Gasteiger partial charge >= 0.3 is 0 Å². The molecule has 2 rings (SSSR count). The van der Waals surface area contributed by atoms with Crippen LogP contribution in [0.5, 0.6) is 0 Å². The highest BCUT2D eigenvalue weighted by Gasteiger charge is 2.16. The van der Waals surface area contributed by atoms with Crippen LogP contribution < -0.4 is 5.73 Å². The third-order valence-electron chi connectivity index (χ3n) is 2.19. The lowest BCUT2D eigenvalue weighted by atomic mass is 10.0. The molecule has 0 unspecified atom stereocenters. The SMILES string of the molecule is Cc1ccc2oc(CC(C)(C)N)nc2c1. The first kappa shape index (κ1) is 10.2. The van der Waals surface area contributed by atoms with Gasteiger partial charge in [-0.05, 0) is 38.5 Å². The monoisotopic (exact) mass is 204 g/mol. The fraction of sp³-hybridized carbons (Fsp3) is 0.417. The van der Waals surface area contributed by atoms with Gasteiger partial charge < -0.3 is 10.2 Å². The van der Waals surface area contributed by atoms with Gasteiger partial charge in [-0.1, -0.05) is 6.07 Å². The molecule has 0 saturated heterocycles. The molecule has 2 N–H and O–H groups in total. The van der Waals surface area contributed by atoms with Gasteiger partial charge in [0.25, 0.3) is 0 Å². The maximum absolute atomic E-state index is 5.92. The Labute approximate surface area is 89.3 Å². The van der Waals surface area contributed by atoms with Crippen LogP contribution in [-0.2, 0) is 6.42 Å². The summed E-state index contributed by atoms with van der Waals surface area (Å²) in [6.07, 6.45) is 0.653. The van der Waals surface area contributed by atoms with Crippen molar-refractivity contribution in [3.05, 3.63) is 29.7 Å². The highest BCUT2D eigenvalue weighted by Crippen LogP contribution is 2.19. The predicted molar refractivity (Wildman–Crippen MR) is 60.7 cm³/mol. The van der Waals surface area contributed by atoms with Gasteiger partial charge in [-0.25, -0.2) is 4.98 Å². The van der Waals surface area contributed by atoms with E-state index in [4.69, 9.17) is 10.2 Å². The molecule has 0 fully saturated rings. The highest BCUT2D eigenvalue weighted by atomic mass is 16.3. The Morgan fingerprint density at radius 2 is 2.13 bits per heavy atom. The molecule has 0 atom stereocenters. The first-order valence-corrected chi connectivity index (χ1v) is 5.09. The normalized spacial score (nSPS) is 12.3. The Bertz CT molecular complexity index is 480. The van der Waals surface area contributed by atoms with Crippen molar-refractivity contribution in [3.63, 3.8) is 0 Å². The Kier molecular flexibility index (Phi) is 2.27. The molecular weight excluding hydrogens is 188 g/mol. The molecule has 3 nitrogen and oxygen atoms in total. The molecule has 80 valence electrons. The van der Waals surface area contributed by atoms with Crippen LogP contribution in [0.2, 0.25) is 0 Å². The second kappa shape index (κ2) is 3.35. The van der Waals surface area contributed by atoms with Gasteiger partial charge in [0.2, 0.25) is 0 Å². The van der Waals surface area contributed by atoms with Crippen LogP contribution in [0.25, 0.3) is 11.1 Å². The first-order chi connectivity index (χ1) is 6.94. The number of hydrogen-bond acceptors (Lipinski definition) is 3. The van der Waals surface area contributed by atoms with Crippen molar-refractivity contribution in [1.82, 2.24) is 4.98 Å². The number of oxazole rings is 1. The zero-order valence-corrected chi connectivity index (χ0v) is 9.37. The molecule has 3 heteroatoms. The van der Waals surface area contributed by atoms with Crippen LogP contribution in [0, 0.1) is 6.92 Å². The van der Waals surface area contributed by atoms with Crippen molar-refractivity contribution in [1.29, 1.82) is 0 Å². The molecule has 0 radical (unpaired) electrons. The smallest absolute Gasteiger partial charge is 0.197 e. The molecular formula is C12H16N2O. The number of aryl methyl sites for hydroxylation is 1. The maximum Gasteiger partial charge on any atom is 0.197 e. The van der Waals surface area contributed by atoms with Gasteiger partial charge in [-0.3, -0.25) is 0 Å². The summed E-state index contributed by atoms with van der Waals surface area (Å²) < 4.78 is 5.61. The molecule has 0 saturated carbocycles. The number of fused-ring (bicyclic) bond motifs is 1. The van der Waals surface area contributed by atoms with E-state index in [0.29, 0.717) is 12.3 Å². The number of hydrogen-bond donors (Lipinski definition) is 1. The molecule has 0 aliphatic rings. The zero-order valence-electron chi connectivity index (χ0n) is 9.37. The van der Waals surface area contributed by atoms with Crippen LogP contribution in [0.1, 0.15) is 25.3 Å². The van der Waals surface area contributed by atoms with E-state index >= 15 is 0 Å². The number of aromatic nitrogens is 1. The molecule has 0 aliphatic carbocycles. The summed E-state index contributed by atoms with van der Waals surface area (Å²) in [6, 6.07) is 5.99. The largest absolute Gasteiger partial charge is 0.441 e. The zero-order chi connectivity index (χ0) is 11.1. The van der Waals surface area contributed by atoms with Gasteiger partial charge in [-0.2, -0.15) is 0 Å². The minimum absolute atomic E-state index is 0.282. The van der Waals surface area contributed by atoms with E-state index in [2.05, 4.69) is 4.98 Å². The molecule has 2 aromatic rings. The van der Waals surface area contributed by atoms with E-state index in [9.17, 15) is 0 Å². The third kappa shape index (κ3) is 2.36. The molecule has 0 bridgehead atoms. The fourth-order valence-electron chi connectivity index (χ4n) is 1.55. The summed E-state index contributed by atoms with van der Waals surface area (Å²) in [6.45, 7) is 5.97. The van der Waals surface area contributed by atoms with E-state index in [1.807, 2.05) is 39.0 Å². The lowest BCUT2D eigenvalue weighted by Crippen LogP contribution is -2.34. The van der Waals surface area contributed by atoms with Gasteiger partial charge in [-0.15, -0.1) is 0 Å². The van der Waals surface area contributed by atoms with Gasteiger partial charge in [0.05, 0.1) is 0 Å². The summed E-state index contributed by atoms with van der Waals surface area (Å²) in [5.41, 5.74) is 8.57. The van der Waals surface area contributed by atoms with E-state index in [0.717, 1.165) is 11.1 Å². The van der Waals surface area contributed by atoms with E-state index in [1.165, 1.54) is 5.56 Å². The minimum Gasteiger partial charge on any atom is -0.441 e. The molecule has 1 heterocycles. The van der Waals surface area contributed by atoms with Crippen molar-refractivity contribution < 1.29 is 4.42 Å². The first-order valence-electron chi connectivity index (χ1n) is 5.09. The van der Waals surface area contributed by atoms with Crippen molar-refractivity contribution in [2.75, 3.05) is 0 Å². The second-order valence-electron chi connectivity index (χ2n) is 4.74. The lowest BCUT2D eigenvalue weighted by Gasteiger charge is -2.14. The molecule has 0 aliphatic heterocycles. The highest BCUT2D eigenvalue weighted by molar-refractivity contribution is 5.73.